The Morgan fingerprint density at radius 3 is 2.94 bits per heavy atom. The normalized spacial score (nSPS) is 28.1. The van der Waals surface area contributed by atoms with Crippen LogP contribution < -0.4 is 0 Å². The zero-order valence-corrected chi connectivity index (χ0v) is 12.0. The van der Waals surface area contributed by atoms with Crippen molar-refractivity contribution in [3.05, 3.63) is 35.4 Å². The number of hydrogen-bond acceptors (Lipinski definition) is 2. The fourth-order valence-corrected chi connectivity index (χ4v) is 5.19. The Bertz CT molecular complexity index is 477. The van der Waals surface area contributed by atoms with E-state index in [4.69, 9.17) is 0 Å². The molecule has 2 heterocycles. The topological polar surface area (TPSA) is 40.5 Å². The standard InChI is InChI=1S/C14H17NO2Se/c16-13-11-6-2-3-7-12(11)14(17)10-18-9-5-1-4-8-15(13)14/h2-3,6-7,17H,1,4-5,8-10H2. The molecule has 1 atom stereocenters. The molecule has 3 nitrogen and oxygen atoms in total. The second-order valence-electron chi connectivity index (χ2n) is 4.93. The van der Waals surface area contributed by atoms with Crippen LogP contribution in [0.25, 0.3) is 0 Å². The number of benzene rings is 1. The summed E-state index contributed by atoms with van der Waals surface area (Å²) in [5, 5.41) is 12.9. The Kier molecular flexibility index (Phi) is 3.18. The minimum absolute atomic E-state index is 0.00537. The molecule has 18 heavy (non-hydrogen) atoms. The molecule has 1 saturated heterocycles. The van der Waals surface area contributed by atoms with Crippen LogP contribution in [-0.2, 0) is 5.72 Å². The van der Waals surface area contributed by atoms with Crippen LogP contribution in [0.2, 0.25) is 10.6 Å². The molecule has 2 aliphatic heterocycles. The number of aliphatic hydroxyl groups is 1. The Morgan fingerprint density at radius 2 is 2.06 bits per heavy atom. The van der Waals surface area contributed by atoms with Gasteiger partial charge in [0, 0.05) is 0 Å². The molecule has 1 unspecified atom stereocenters. The van der Waals surface area contributed by atoms with E-state index in [1.54, 1.807) is 4.90 Å². The van der Waals surface area contributed by atoms with E-state index in [1.807, 2.05) is 24.3 Å². The fraction of sp³-hybridized carbons (Fsp3) is 0.500. The second-order valence-corrected chi connectivity index (χ2v) is 7.25. The number of carbonyl (C=O) groups is 1. The van der Waals surface area contributed by atoms with Crippen molar-refractivity contribution in [3.8, 4) is 0 Å². The van der Waals surface area contributed by atoms with Crippen LogP contribution >= 0.6 is 0 Å². The van der Waals surface area contributed by atoms with Gasteiger partial charge in [-0.1, -0.05) is 0 Å². The van der Waals surface area contributed by atoms with E-state index < -0.39 is 5.72 Å². The molecule has 96 valence electrons. The third kappa shape index (κ3) is 1.80. The Morgan fingerprint density at radius 1 is 1.22 bits per heavy atom. The van der Waals surface area contributed by atoms with E-state index in [-0.39, 0.29) is 5.91 Å². The van der Waals surface area contributed by atoms with E-state index in [9.17, 15) is 9.90 Å². The van der Waals surface area contributed by atoms with E-state index >= 15 is 0 Å². The summed E-state index contributed by atoms with van der Waals surface area (Å²) in [4.78, 5) is 14.1. The molecule has 3 rings (SSSR count). The van der Waals surface area contributed by atoms with Crippen molar-refractivity contribution in [2.45, 2.75) is 35.6 Å². The SMILES string of the molecule is O=C1c2ccccc2C2(O)C[Se]CCCCCN12. The summed E-state index contributed by atoms with van der Waals surface area (Å²) in [5.74, 6) is 0.00537. The maximum absolute atomic E-state index is 12.4. The number of nitrogens with zero attached hydrogens (tertiary/aromatic N) is 1. The molecule has 1 aromatic rings. The van der Waals surface area contributed by atoms with Crippen molar-refractivity contribution < 1.29 is 9.90 Å². The average Bonchev–Trinajstić information content (AvgIpc) is 2.65. The second kappa shape index (κ2) is 4.69. The van der Waals surface area contributed by atoms with Crippen LogP contribution in [0.5, 0.6) is 0 Å². The van der Waals surface area contributed by atoms with Gasteiger partial charge in [0.05, 0.1) is 0 Å². The first kappa shape index (κ1) is 12.2. The van der Waals surface area contributed by atoms with Crippen LogP contribution in [0.1, 0.15) is 35.2 Å². The number of amides is 1. The van der Waals surface area contributed by atoms with Gasteiger partial charge in [0.25, 0.3) is 0 Å². The van der Waals surface area contributed by atoms with Crippen molar-refractivity contribution in [2.75, 3.05) is 6.54 Å². The van der Waals surface area contributed by atoms with E-state index in [1.165, 1.54) is 11.7 Å². The molecule has 2 aliphatic rings. The van der Waals surface area contributed by atoms with Gasteiger partial charge in [-0.3, -0.25) is 0 Å². The van der Waals surface area contributed by atoms with E-state index in [2.05, 4.69) is 0 Å². The number of hydrogen-bond donors (Lipinski definition) is 1. The zero-order valence-electron chi connectivity index (χ0n) is 10.3. The quantitative estimate of drug-likeness (QED) is 0.745. The zero-order chi connectivity index (χ0) is 12.6. The third-order valence-electron chi connectivity index (χ3n) is 3.75. The van der Waals surface area contributed by atoms with Gasteiger partial charge < -0.3 is 0 Å². The van der Waals surface area contributed by atoms with Gasteiger partial charge in [-0.15, -0.1) is 0 Å². The fourth-order valence-electron chi connectivity index (χ4n) is 2.79. The summed E-state index contributed by atoms with van der Waals surface area (Å²) < 4.78 is 0. The van der Waals surface area contributed by atoms with Crippen molar-refractivity contribution in [1.29, 1.82) is 0 Å². The number of fused-ring (bicyclic) bond motifs is 3. The van der Waals surface area contributed by atoms with Crippen molar-refractivity contribution in [2.24, 2.45) is 0 Å². The summed E-state index contributed by atoms with van der Waals surface area (Å²) in [6, 6.07) is 7.52. The molecule has 0 spiro atoms. The average molecular weight is 310 g/mol. The molecule has 1 fully saturated rings. The summed E-state index contributed by atoms with van der Waals surface area (Å²) in [5.41, 5.74) is 0.480. The van der Waals surface area contributed by atoms with Gasteiger partial charge in [0.15, 0.2) is 0 Å². The first-order valence-corrected chi connectivity index (χ1v) is 8.87. The van der Waals surface area contributed by atoms with Gasteiger partial charge in [-0.25, -0.2) is 0 Å². The van der Waals surface area contributed by atoms with Gasteiger partial charge in [0.2, 0.25) is 0 Å². The predicted octanol–water partition coefficient (Wildman–Crippen LogP) is 2.01. The Hall–Kier alpha value is -0.831. The van der Waals surface area contributed by atoms with E-state index in [0.717, 1.165) is 23.7 Å². The first-order valence-electron chi connectivity index (χ1n) is 6.45. The predicted molar refractivity (Wildman–Crippen MR) is 70.6 cm³/mol. The molecule has 0 saturated carbocycles. The summed E-state index contributed by atoms with van der Waals surface area (Å²) in [6.07, 6.45) is 3.40. The van der Waals surface area contributed by atoms with Crippen LogP contribution in [0.3, 0.4) is 0 Å². The summed E-state index contributed by atoms with van der Waals surface area (Å²) >= 11 is 0.412. The van der Waals surface area contributed by atoms with Crippen LogP contribution in [0.15, 0.2) is 24.3 Å². The van der Waals surface area contributed by atoms with Crippen LogP contribution in [0, 0.1) is 0 Å². The van der Waals surface area contributed by atoms with Crippen LogP contribution in [-0.4, -0.2) is 37.4 Å². The molecule has 0 radical (unpaired) electrons. The third-order valence-corrected chi connectivity index (χ3v) is 6.24. The number of rotatable bonds is 0. The molecule has 1 amide bonds. The molecule has 1 aromatic carbocycles. The monoisotopic (exact) mass is 311 g/mol. The van der Waals surface area contributed by atoms with Crippen LogP contribution in [0.4, 0.5) is 0 Å². The first-order chi connectivity index (χ1) is 8.73. The van der Waals surface area contributed by atoms with Gasteiger partial charge in [-0.05, 0) is 0 Å². The van der Waals surface area contributed by atoms with Crippen molar-refractivity contribution in [3.63, 3.8) is 0 Å². The maximum atomic E-state index is 12.4. The van der Waals surface area contributed by atoms with E-state index in [0.29, 0.717) is 27.1 Å². The molecule has 0 aliphatic carbocycles. The van der Waals surface area contributed by atoms with Crippen molar-refractivity contribution in [1.82, 2.24) is 4.90 Å². The minimum atomic E-state index is -1.03. The molecule has 0 aromatic heterocycles. The van der Waals surface area contributed by atoms with Gasteiger partial charge in [0.1, 0.15) is 0 Å². The Balaban J connectivity index is 2.04. The van der Waals surface area contributed by atoms with Gasteiger partial charge in [-0.2, -0.15) is 0 Å². The molecule has 0 bridgehead atoms. The van der Waals surface area contributed by atoms with Crippen molar-refractivity contribution >= 4 is 20.9 Å². The Labute approximate surface area is 113 Å². The van der Waals surface area contributed by atoms with Gasteiger partial charge >= 0.3 is 113 Å². The molecule has 1 N–H and O–H groups in total. The molecule has 4 heteroatoms. The summed E-state index contributed by atoms with van der Waals surface area (Å²) in [6.45, 7) is 0.681. The molecular weight excluding hydrogens is 293 g/mol. The summed E-state index contributed by atoms with van der Waals surface area (Å²) in [7, 11) is 0. The number of carbonyl (C=O) groups excluding carboxylic acids is 1. The molecular formula is C14H17NO2Se.